The molecular weight excluding hydrogens is 346 g/mol. The third-order valence-electron chi connectivity index (χ3n) is 3.91. The van der Waals surface area contributed by atoms with E-state index in [1.54, 1.807) is 0 Å². The van der Waals surface area contributed by atoms with Gasteiger partial charge in [0.1, 0.15) is 11.1 Å². The average Bonchev–Trinajstić information content (AvgIpc) is 2.70. The van der Waals surface area contributed by atoms with Crippen LogP contribution < -0.4 is 16.0 Å². The molecule has 6 nitrogen and oxygen atoms in total. The second kappa shape index (κ2) is 5.40. The Morgan fingerprint density at radius 3 is 3.05 bits per heavy atom. The zero-order valence-corrected chi connectivity index (χ0v) is 13.6. The van der Waals surface area contributed by atoms with Gasteiger partial charge >= 0.3 is 0 Å². The van der Waals surface area contributed by atoms with E-state index in [9.17, 15) is 0 Å². The summed E-state index contributed by atoms with van der Waals surface area (Å²) in [6.07, 6.45) is 1.07. The highest BCUT2D eigenvalue weighted by Crippen LogP contribution is 2.34. The molecule has 1 aromatic carbocycles. The summed E-state index contributed by atoms with van der Waals surface area (Å²) in [7, 11) is 0. The number of hydrogen-bond donors (Lipinski definition) is 2. The molecule has 0 bridgehead atoms. The van der Waals surface area contributed by atoms with Crippen LogP contribution in [-0.4, -0.2) is 36.1 Å². The minimum Gasteiger partial charge on any atom is -0.450 e. The van der Waals surface area contributed by atoms with Crippen LogP contribution in [0.1, 0.15) is 6.42 Å². The molecule has 0 saturated carbocycles. The normalized spacial score (nSPS) is 16.3. The molecule has 3 aromatic rings. The molecule has 0 spiro atoms. The number of nitrogens with one attached hydrogen (secondary N) is 1. The number of hydrogen-bond acceptors (Lipinski definition) is 6. The summed E-state index contributed by atoms with van der Waals surface area (Å²) in [5.74, 6) is 1.07. The molecule has 2 aromatic heterocycles. The van der Waals surface area contributed by atoms with E-state index in [2.05, 4.69) is 36.1 Å². The van der Waals surface area contributed by atoms with E-state index >= 15 is 0 Å². The van der Waals surface area contributed by atoms with Crippen molar-refractivity contribution in [3.8, 4) is 0 Å². The van der Waals surface area contributed by atoms with E-state index < -0.39 is 0 Å². The van der Waals surface area contributed by atoms with Crippen molar-refractivity contribution in [3.63, 3.8) is 0 Å². The monoisotopic (exact) mass is 361 g/mol. The lowest BCUT2D eigenvalue weighted by atomic mass is 10.2. The summed E-state index contributed by atoms with van der Waals surface area (Å²) in [5, 5.41) is 4.34. The Bertz CT molecular complexity index is 839. The molecule has 114 valence electrons. The Morgan fingerprint density at radius 2 is 2.14 bits per heavy atom. The first kappa shape index (κ1) is 13.8. The Kier molecular flexibility index (Phi) is 3.38. The summed E-state index contributed by atoms with van der Waals surface area (Å²) in [6.45, 7) is 3.76. The van der Waals surface area contributed by atoms with Crippen LogP contribution in [0.2, 0.25) is 0 Å². The molecule has 3 heterocycles. The van der Waals surface area contributed by atoms with Crippen LogP contribution in [0.4, 0.5) is 11.8 Å². The maximum absolute atomic E-state index is 6.02. The van der Waals surface area contributed by atoms with Crippen molar-refractivity contribution in [2.45, 2.75) is 6.42 Å². The van der Waals surface area contributed by atoms with E-state index in [1.807, 2.05) is 18.2 Å². The fourth-order valence-electron chi connectivity index (χ4n) is 2.89. The largest absolute Gasteiger partial charge is 0.450 e. The molecule has 1 aliphatic rings. The molecular formula is C15H16BrN5O. The predicted octanol–water partition coefficient (Wildman–Crippen LogP) is 2.52. The second-order valence-corrected chi connectivity index (χ2v) is 6.33. The molecule has 1 saturated heterocycles. The highest BCUT2D eigenvalue weighted by atomic mass is 79.9. The van der Waals surface area contributed by atoms with Crippen molar-refractivity contribution < 1.29 is 4.42 Å². The summed E-state index contributed by atoms with van der Waals surface area (Å²) in [4.78, 5) is 11.1. The van der Waals surface area contributed by atoms with Gasteiger partial charge in [-0.1, -0.05) is 15.9 Å². The topological polar surface area (TPSA) is 80.2 Å². The zero-order valence-electron chi connectivity index (χ0n) is 12.0. The lowest BCUT2D eigenvalue weighted by Gasteiger charge is -2.20. The maximum Gasteiger partial charge on any atom is 0.222 e. The SMILES string of the molecule is Nc1nc(N2CCCNCC2)c2oc3ccc(Br)cc3c2n1. The number of aromatic nitrogens is 2. The van der Waals surface area contributed by atoms with Gasteiger partial charge in [-0.15, -0.1) is 0 Å². The molecule has 1 fully saturated rings. The summed E-state index contributed by atoms with van der Waals surface area (Å²) in [5.41, 5.74) is 8.23. The molecule has 0 aliphatic carbocycles. The first-order chi connectivity index (χ1) is 10.7. The van der Waals surface area contributed by atoms with Gasteiger partial charge in [0.05, 0.1) is 0 Å². The summed E-state index contributed by atoms with van der Waals surface area (Å²) >= 11 is 3.49. The van der Waals surface area contributed by atoms with Crippen LogP contribution >= 0.6 is 15.9 Å². The highest BCUT2D eigenvalue weighted by Gasteiger charge is 2.20. The lowest BCUT2D eigenvalue weighted by Crippen LogP contribution is -2.29. The number of nitrogen functional groups attached to an aromatic ring is 1. The molecule has 7 heteroatoms. The van der Waals surface area contributed by atoms with E-state index in [0.717, 1.165) is 59.4 Å². The van der Waals surface area contributed by atoms with Crippen LogP contribution in [-0.2, 0) is 0 Å². The van der Waals surface area contributed by atoms with Gasteiger partial charge in [-0.2, -0.15) is 4.98 Å². The predicted molar refractivity (Wildman–Crippen MR) is 91.1 cm³/mol. The highest BCUT2D eigenvalue weighted by molar-refractivity contribution is 9.10. The third-order valence-corrected chi connectivity index (χ3v) is 4.41. The average molecular weight is 362 g/mol. The molecule has 0 unspecified atom stereocenters. The molecule has 4 rings (SSSR count). The lowest BCUT2D eigenvalue weighted by molar-refractivity contribution is 0.660. The number of nitrogens with two attached hydrogens (primary N) is 1. The van der Waals surface area contributed by atoms with Crippen molar-refractivity contribution in [2.75, 3.05) is 36.8 Å². The van der Waals surface area contributed by atoms with Gasteiger partial charge in [-0.05, 0) is 31.2 Å². The number of fused-ring (bicyclic) bond motifs is 3. The smallest absolute Gasteiger partial charge is 0.222 e. The van der Waals surface area contributed by atoms with E-state index in [1.165, 1.54) is 0 Å². The van der Waals surface area contributed by atoms with Crippen molar-refractivity contribution in [1.29, 1.82) is 0 Å². The maximum atomic E-state index is 6.02. The van der Waals surface area contributed by atoms with E-state index in [0.29, 0.717) is 5.58 Å². The van der Waals surface area contributed by atoms with Crippen molar-refractivity contribution in [3.05, 3.63) is 22.7 Å². The van der Waals surface area contributed by atoms with Crippen LogP contribution in [0.25, 0.3) is 22.1 Å². The van der Waals surface area contributed by atoms with Crippen molar-refractivity contribution >= 4 is 49.8 Å². The number of rotatable bonds is 1. The molecule has 22 heavy (non-hydrogen) atoms. The number of benzene rings is 1. The fourth-order valence-corrected chi connectivity index (χ4v) is 3.25. The molecule has 3 N–H and O–H groups in total. The van der Waals surface area contributed by atoms with E-state index in [4.69, 9.17) is 10.2 Å². The number of halogens is 1. The number of nitrogens with zero attached hydrogens (tertiary/aromatic N) is 3. The van der Waals surface area contributed by atoms with Crippen molar-refractivity contribution in [2.24, 2.45) is 0 Å². The van der Waals surface area contributed by atoms with Crippen molar-refractivity contribution in [1.82, 2.24) is 15.3 Å². The van der Waals surface area contributed by atoms with Gasteiger partial charge in [-0.3, -0.25) is 0 Å². The zero-order chi connectivity index (χ0) is 15.1. The molecule has 0 atom stereocenters. The van der Waals surface area contributed by atoms with Gasteiger partial charge in [0.15, 0.2) is 11.4 Å². The van der Waals surface area contributed by atoms with Crippen LogP contribution in [0, 0.1) is 0 Å². The standard InChI is InChI=1S/C15H16BrN5O/c16-9-2-3-11-10(8-9)12-13(22-11)14(20-15(17)19-12)21-6-1-4-18-5-7-21/h2-3,8,18H,1,4-7H2,(H2,17,19,20). The van der Waals surface area contributed by atoms with Gasteiger partial charge in [0.25, 0.3) is 0 Å². The van der Waals surface area contributed by atoms with Gasteiger partial charge in [0, 0.05) is 29.5 Å². The Morgan fingerprint density at radius 1 is 1.23 bits per heavy atom. The van der Waals surface area contributed by atoms with Crippen LogP contribution in [0.5, 0.6) is 0 Å². The van der Waals surface area contributed by atoms with Gasteiger partial charge in [-0.25, -0.2) is 4.98 Å². The summed E-state index contributed by atoms with van der Waals surface area (Å²) in [6, 6.07) is 5.89. The second-order valence-electron chi connectivity index (χ2n) is 5.42. The van der Waals surface area contributed by atoms with Crippen LogP contribution in [0.15, 0.2) is 27.1 Å². The Balaban J connectivity index is 1.95. The Hall–Kier alpha value is -1.86. The minimum atomic E-state index is 0.280. The number of furan rings is 1. The molecule has 1 aliphatic heterocycles. The quantitative estimate of drug-likeness (QED) is 0.693. The third kappa shape index (κ3) is 2.30. The minimum absolute atomic E-state index is 0.280. The Labute approximate surface area is 135 Å². The van der Waals surface area contributed by atoms with E-state index in [-0.39, 0.29) is 5.95 Å². The molecule has 0 amide bonds. The summed E-state index contributed by atoms with van der Waals surface area (Å²) < 4.78 is 7.01. The first-order valence-electron chi connectivity index (χ1n) is 7.33. The number of anilines is 2. The first-order valence-corrected chi connectivity index (χ1v) is 8.12. The fraction of sp³-hybridized carbons (Fsp3) is 0.333. The molecule has 0 radical (unpaired) electrons. The van der Waals surface area contributed by atoms with Gasteiger partial charge in [0.2, 0.25) is 5.95 Å². The van der Waals surface area contributed by atoms with Gasteiger partial charge < -0.3 is 20.4 Å². The van der Waals surface area contributed by atoms with Crippen LogP contribution in [0.3, 0.4) is 0 Å².